The second kappa shape index (κ2) is 4.93. The quantitative estimate of drug-likeness (QED) is 0.748. The Balaban J connectivity index is 1.74. The fourth-order valence-electron chi connectivity index (χ4n) is 2.74. The molecule has 0 amide bonds. The number of hydrogen-bond donors (Lipinski definition) is 1. The van der Waals surface area contributed by atoms with E-state index in [2.05, 4.69) is 36.6 Å². The number of nitrogens with one attached hydrogen (secondary N) is 1. The van der Waals surface area contributed by atoms with E-state index in [0.717, 1.165) is 29.9 Å². The fraction of sp³-hybridized carbons (Fsp3) is 0.286. The molecule has 2 aliphatic rings. The van der Waals surface area contributed by atoms with Gasteiger partial charge in [-0.05, 0) is 0 Å². The number of aromatic nitrogens is 4. The topological polar surface area (TPSA) is 79.4 Å². The molecule has 0 saturated carbocycles. The van der Waals surface area contributed by atoms with E-state index >= 15 is 0 Å². The van der Waals surface area contributed by atoms with Crippen molar-refractivity contribution in [2.45, 2.75) is 12.0 Å². The van der Waals surface area contributed by atoms with Gasteiger partial charge in [0.2, 0.25) is 0 Å². The van der Waals surface area contributed by atoms with Crippen molar-refractivity contribution in [1.29, 1.82) is 5.26 Å². The van der Waals surface area contributed by atoms with E-state index in [1.165, 1.54) is 3.71 Å². The molecular formula is C14H12N6Sn. The number of fused-ring (bicyclic) bond motifs is 1. The first-order valence-electron chi connectivity index (χ1n) is 6.74. The van der Waals surface area contributed by atoms with Crippen molar-refractivity contribution in [2.75, 3.05) is 13.1 Å². The molecule has 2 radical (unpaired) electrons. The summed E-state index contributed by atoms with van der Waals surface area (Å²) < 4.78 is 5.42. The van der Waals surface area contributed by atoms with Crippen molar-refractivity contribution >= 4 is 30.9 Å². The molecule has 0 bridgehead atoms. The Morgan fingerprint density at radius 2 is 2.33 bits per heavy atom. The summed E-state index contributed by atoms with van der Waals surface area (Å²) >= 11 is -0.644. The first-order valence-corrected chi connectivity index (χ1v) is 9.81. The third-order valence-corrected chi connectivity index (χ3v) is 6.88. The Labute approximate surface area is 132 Å². The van der Waals surface area contributed by atoms with Crippen LogP contribution in [0.3, 0.4) is 0 Å². The van der Waals surface area contributed by atoms with Crippen LogP contribution in [0.25, 0.3) is 17.3 Å². The van der Waals surface area contributed by atoms with E-state index < -0.39 is 21.1 Å². The van der Waals surface area contributed by atoms with Gasteiger partial charge >= 0.3 is 132 Å². The van der Waals surface area contributed by atoms with Crippen molar-refractivity contribution in [3.63, 3.8) is 0 Å². The molecule has 1 fully saturated rings. The molecule has 0 atom stereocenters. The third kappa shape index (κ3) is 1.99. The van der Waals surface area contributed by atoms with Crippen LogP contribution >= 0.6 is 0 Å². The van der Waals surface area contributed by atoms with Gasteiger partial charge in [0.15, 0.2) is 0 Å². The molecule has 7 heteroatoms. The summed E-state index contributed by atoms with van der Waals surface area (Å²) in [5.41, 5.74) is 2.92. The van der Waals surface area contributed by atoms with Crippen LogP contribution in [0.4, 0.5) is 0 Å². The van der Waals surface area contributed by atoms with Crippen LogP contribution in [-0.2, 0) is 5.54 Å². The van der Waals surface area contributed by atoms with Gasteiger partial charge in [-0.1, -0.05) is 0 Å². The molecule has 4 heterocycles. The molecule has 21 heavy (non-hydrogen) atoms. The van der Waals surface area contributed by atoms with Crippen LogP contribution in [0.15, 0.2) is 22.8 Å². The normalized spacial score (nSPS) is 18.0. The zero-order chi connectivity index (χ0) is 14.3. The van der Waals surface area contributed by atoms with Gasteiger partial charge in [0.05, 0.1) is 0 Å². The molecule has 0 aromatic carbocycles. The first-order chi connectivity index (χ1) is 10.3. The van der Waals surface area contributed by atoms with Crippen molar-refractivity contribution in [3.8, 4) is 17.3 Å². The molecule has 2 aromatic heterocycles. The average Bonchev–Trinajstić information content (AvgIpc) is 3.11. The number of nitriles is 1. The Morgan fingerprint density at radius 3 is 3.10 bits per heavy atom. The maximum atomic E-state index is 9.04. The fourth-order valence-corrected chi connectivity index (χ4v) is 5.30. The average molecular weight is 383 g/mol. The van der Waals surface area contributed by atoms with Crippen LogP contribution in [0.5, 0.6) is 0 Å². The number of rotatable bonds is 3. The molecule has 0 unspecified atom stereocenters. The predicted molar refractivity (Wildman–Crippen MR) is 78.7 cm³/mol. The van der Waals surface area contributed by atoms with Gasteiger partial charge in [-0.15, -0.1) is 0 Å². The molecule has 1 N–H and O–H groups in total. The number of nitrogens with zero attached hydrogens (tertiary/aromatic N) is 5. The Morgan fingerprint density at radius 1 is 1.43 bits per heavy atom. The summed E-state index contributed by atoms with van der Waals surface area (Å²) in [4.78, 5) is 8.82. The Kier molecular flexibility index (Phi) is 3.05. The van der Waals surface area contributed by atoms with Gasteiger partial charge in [-0.25, -0.2) is 0 Å². The van der Waals surface area contributed by atoms with Crippen molar-refractivity contribution in [2.24, 2.45) is 0 Å². The van der Waals surface area contributed by atoms with Crippen LogP contribution in [0.2, 0.25) is 0 Å². The summed E-state index contributed by atoms with van der Waals surface area (Å²) in [6.45, 7) is 1.58. The van der Waals surface area contributed by atoms with Crippen molar-refractivity contribution in [3.05, 3.63) is 28.4 Å². The Bertz CT molecular complexity index is 768. The van der Waals surface area contributed by atoms with Gasteiger partial charge in [-0.3, -0.25) is 0 Å². The van der Waals surface area contributed by atoms with Crippen molar-refractivity contribution < 1.29 is 0 Å². The van der Waals surface area contributed by atoms with Crippen LogP contribution in [0.1, 0.15) is 12.0 Å². The van der Waals surface area contributed by atoms with Gasteiger partial charge < -0.3 is 0 Å². The van der Waals surface area contributed by atoms with Crippen molar-refractivity contribution in [1.82, 2.24) is 25.1 Å². The summed E-state index contributed by atoms with van der Waals surface area (Å²) in [5, 5.41) is 16.8. The molecule has 4 rings (SSSR count). The van der Waals surface area contributed by atoms with E-state index in [9.17, 15) is 0 Å². The molecule has 2 aliphatic heterocycles. The molecule has 102 valence electrons. The molecule has 2 aromatic rings. The number of hydrogen-bond acceptors (Lipinski definition) is 5. The zero-order valence-electron chi connectivity index (χ0n) is 11.2. The molecular weight excluding hydrogens is 371 g/mol. The standard InChI is InChI=1S/C14H12N6.Sn/c1-2-11-5-16-10-18-13(11)12-6-19-20(7-12)14(3-4-15)8-17-9-14;/h1-2,6-7,10,17H,3,8-9H2;. The Hall–Kier alpha value is -1.72. The second-order valence-corrected chi connectivity index (χ2v) is 8.43. The van der Waals surface area contributed by atoms with E-state index in [-0.39, 0.29) is 5.54 Å². The van der Waals surface area contributed by atoms with Gasteiger partial charge in [-0.2, -0.15) is 0 Å². The molecule has 0 aliphatic carbocycles. The van der Waals surface area contributed by atoms with Gasteiger partial charge in [0.1, 0.15) is 0 Å². The second-order valence-electron chi connectivity index (χ2n) is 5.30. The monoisotopic (exact) mass is 384 g/mol. The first kappa shape index (κ1) is 13.0. The summed E-state index contributed by atoms with van der Waals surface area (Å²) in [7, 11) is 0. The van der Waals surface area contributed by atoms with Crippen LogP contribution < -0.4 is 9.03 Å². The zero-order valence-corrected chi connectivity index (χ0v) is 14.1. The SMILES string of the molecule is N#CCC1(n2cc(-c3ncn[c]4c3C=[CH][Sn]4)cn2)CNC1. The molecule has 6 nitrogen and oxygen atoms in total. The van der Waals surface area contributed by atoms with Crippen LogP contribution in [0, 0.1) is 11.3 Å². The molecule has 1 saturated heterocycles. The summed E-state index contributed by atoms with van der Waals surface area (Å²) in [5.74, 6) is 0. The summed E-state index contributed by atoms with van der Waals surface area (Å²) in [6.07, 6.45) is 8.12. The predicted octanol–water partition coefficient (Wildman–Crippen LogP) is -0.134. The minimum absolute atomic E-state index is 0.199. The summed E-state index contributed by atoms with van der Waals surface area (Å²) in [6, 6.07) is 2.27. The minimum atomic E-state index is -0.644. The maximum absolute atomic E-state index is 9.04. The van der Waals surface area contributed by atoms with Crippen LogP contribution in [-0.4, -0.2) is 54.0 Å². The van der Waals surface area contributed by atoms with Gasteiger partial charge in [0, 0.05) is 0 Å². The molecule has 0 spiro atoms. The van der Waals surface area contributed by atoms with E-state index in [1.54, 1.807) is 6.33 Å². The van der Waals surface area contributed by atoms with E-state index in [4.69, 9.17) is 5.26 Å². The van der Waals surface area contributed by atoms with E-state index in [0.29, 0.717) is 6.42 Å². The van der Waals surface area contributed by atoms with Gasteiger partial charge in [0.25, 0.3) is 0 Å². The van der Waals surface area contributed by atoms with E-state index in [1.807, 2.05) is 17.1 Å². The third-order valence-electron chi connectivity index (χ3n) is 4.01.